The number of hydrogen-bond acceptors (Lipinski definition) is 5. The molecule has 3 aliphatic rings. The Morgan fingerprint density at radius 2 is 1.50 bits per heavy atom. The van der Waals surface area contributed by atoms with Crippen LogP contribution in [0.1, 0.15) is 100 Å². The number of amides is 1. The summed E-state index contributed by atoms with van der Waals surface area (Å²) in [5.41, 5.74) is 4.16. The van der Waals surface area contributed by atoms with Gasteiger partial charge in [-0.3, -0.25) is 9.69 Å². The number of aromatic nitrogens is 2. The smallest absolute Gasteiger partial charge is 0.240 e. The molecule has 2 aromatic rings. The summed E-state index contributed by atoms with van der Waals surface area (Å²) in [4.78, 5) is 15.3. The lowest BCUT2D eigenvalue weighted by molar-refractivity contribution is -0.123. The Hall–Kier alpha value is -2.23. The Kier molecular flexibility index (Phi) is 9.64. The topological polar surface area (TPSA) is 96.3 Å². The highest BCUT2D eigenvalue weighted by molar-refractivity contribution is 7.89. The van der Waals surface area contributed by atoms with E-state index in [2.05, 4.69) is 21.9 Å². The van der Waals surface area contributed by atoms with Crippen molar-refractivity contribution in [3.05, 3.63) is 41.2 Å². The molecule has 1 aliphatic heterocycles. The third kappa shape index (κ3) is 7.34. The minimum absolute atomic E-state index is 0.0416. The largest absolute Gasteiger partial charge is 0.353 e. The SMILES string of the molecule is Cc1nn(-c2ccc(S(=O)(=O)NC3CCCCC3)cc2)c(C)c1CN1CCC(NC(=O)CC2CCCCC2)CC1. The lowest BCUT2D eigenvalue weighted by atomic mass is 9.86. The monoisotopic (exact) mass is 569 g/mol. The van der Waals surface area contributed by atoms with E-state index in [1.807, 2.05) is 23.7 Å². The highest BCUT2D eigenvalue weighted by Gasteiger charge is 2.25. The first-order valence-corrected chi connectivity index (χ1v) is 17.0. The quantitative estimate of drug-likeness (QED) is 0.435. The highest BCUT2D eigenvalue weighted by atomic mass is 32.2. The molecule has 8 nitrogen and oxygen atoms in total. The van der Waals surface area contributed by atoms with Gasteiger partial charge < -0.3 is 5.32 Å². The van der Waals surface area contributed by atoms with E-state index < -0.39 is 10.0 Å². The van der Waals surface area contributed by atoms with E-state index in [0.29, 0.717) is 17.2 Å². The fourth-order valence-corrected chi connectivity index (χ4v) is 8.13. The van der Waals surface area contributed by atoms with Gasteiger partial charge in [0.05, 0.1) is 16.3 Å². The van der Waals surface area contributed by atoms with Crippen LogP contribution in [0, 0.1) is 19.8 Å². The summed E-state index contributed by atoms with van der Waals surface area (Å²) in [7, 11) is -3.52. The molecule has 9 heteroatoms. The van der Waals surface area contributed by atoms with Crippen molar-refractivity contribution in [1.29, 1.82) is 0 Å². The van der Waals surface area contributed by atoms with E-state index in [9.17, 15) is 13.2 Å². The third-order valence-corrected chi connectivity index (χ3v) is 10.8. The van der Waals surface area contributed by atoms with E-state index in [4.69, 9.17) is 5.10 Å². The van der Waals surface area contributed by atoms with E-state index in [1.54, 1.807) is 12.1 Å². The van der Waals surface area contributed by atoms with Crippen LogP contribution in [0.5, 0.6) is 0 Å². The maximum absolute atomic E-state index is 12.9. The van der Waals surface area contributed by atoms with Crippen molar-refractivity contribution in [2.24, 2.45) is 5.92 Å². The second kappa shape index (κ2) is 13.2. The van der Waals surface area contributed by atoms with Crippen molar-refractivity contribution in [1.82, 2.24) is 24.7 Å². The van der Waals surface area contributed by atoms with E-state index in [0.717, 1.165) is 75.2 Å². The normalized spacial score (nSPS) is 20.6. The van der Waals surface area contributed by atoms with Crippen LogP contribution in [0.15, 0.2) is 29.2 Å². The number of piperidine rings is 1. The van der Waals surface area contributed by atoms with Gasteiger partial charge in [0.2, 0.25) is 15.9 Å². The number of likely N-dealkylation sites (tertiary alicyclic amines) is 1. The Morgan fingerprint density at radius 3 is 2.15 bits per heavy atom. The molecule has 0 atom stereocenters. The van der Waals surface area contributed by atoms with Crippen molar-refractivity contribution in [3.63, 3.8) is 0 Å². The van der Waals surface area contributed by atoms with Gasteiger partial charge in [0.15, 0.2) is 0 Å². The molecule has 2 saturated carbocycles. The Labute approximate surface area is 240 Å². The summed E-state index contributed by atoms with van der Waals surface area (Å²) in [6.07, 6.45) is 14.1. The number of nitrogens with zero attached hydrogens (tertiary/aromatic N) is 3. The van der Waals surface area contributed by atoms with Crippen LogP contribution in [0.3, 0.4) is 0 Å². The van der Waals surface area contributed by atoms with E-state index in [-0.39, 0.29) is 18.0 Å². The lowest BCUT2D eigenvalue weighted by Crippen LogP contribution is -2.44. The number of nitrogens with one attached hydrogen (secondary N) is 2. The number of carbonyl (C=O) groups excluding carboxylic acids is 1. The first-order valence-electron chi connectivity index (χ1n) is 15.5. The number of hydrogen-bond donors (Lipinski definition) is 2. The van der Waals surface area contributed by atoms with Crippen LogP contribution in [-0.4, -0.2) is 54.2 Å². The van der Waals surface area contributed by atoms with Gasteiger partial charge in [0.25, 0.3) is 0 Å². The standard InChI is InChI=1S/C31H47N5O3S/c1-23-30(22-35-19-17-26(18-20-35)32-31(37)21-25-9-5-3-6-10-25)24(2)36(33-23)28-13-15-29(16-14-28)40(38,39)34-27-11-7-4-8-12-27/h13-16,25-27,34H,3-12,17-22H2,1-2H3,(H,32,37). The number of benzene rings is 1. The van der Waals surface area contributed by atoms with Gasteiger partial charge in [-0.05, 0) is 82.6 Å². The van der Waals surface area contributed by atoms with Crippen LogP contribution < -0.4 is 10.0 Å². The van der Waals surface area contributed by atoms with Crippen LogP contribution in [-0.2, 0) is 21.4 Å². The molecule has 0 unspecified atom stereocenters. The average molecular weight is 570 g/mol. The maximum atomic E-state index is 12.9. The summed E-state index contributed by atoms with van der Waals surface area (Å²) in [6.45, 7) is 6.88. The van der Waals surface area contributed by atoms with Crippen molar-refractivity contribution < 1.29 is 13.2 Å². The van der Waals surface area contributed by atoms with Crippen molar-refractivity contribution in [2.45, 2.75) is 121 Å². The first kappa shape index (κ1) is 29.3. The van der Waals surface area contributed by atoms with Crippen molar-refractivity contribution >= 4 is 15.9 Å². The van der Waals surface area contributed by atoms with Gasteiger partial charge in [-0.15, -0.1) is 0 Å². The van der Waals surface area contributed by atoms with E-state index in [1.165, 1.54) is 44.1 Å². The summed E-state index contributed by atoms with van der Waals surface area (Å²) >= 11 is 0. The molecule has 5 rings (SSSR count). The second-order valence-corrected chi connectivity index (χ2v) is 14.1. The third-order valence-electron chi connectivity index (χ3n) is 9.29. The maximum Gasteiger partial charge on any atom is 0.240 e. The van der Waals surface area contributed by atoms with Gasteiger partial charge in [0, 0.05) is 49.4 Å². The van der Waals surface area contributed by atoms with Crippen LogP contribution in [0.2, 0.25) is 0 Å². The number of rotatable bonds is 9. The molecule has 2 aliphatic carbocycles. The van der Waals surface area contributed by atoms with Crippen molar-refractivity contribution in [3.8, 4) is 5.69 Å². The summed E-state index contributed by atoms with van der Waals surface area (Å²) in [6, 6.07) is 7.38. The van der Waals surface area contributed by atoms with Crippen LogP contribution in [0.25, 0.3) is 5.69 Å². The molecule has 1 aromatic heterocycles. The zero-order chi connectivity index (χ0) is 28.1. The van der Waals surface area contributed by atoms with Crippen LogP contribution >= 0.6 is 0 Å². The molecule has 0 bridgehead atoms. The summed E-state index contributed by atoms with van der Waals surface area (Å²) < 4.78 is 30.6. The molecule has 220 valence electrons. The minimum Gasteiger partial charge on any atom is -0.353 e. The fourth-order valence-electron chi connectivity index (χ4n) is 6.83. The molecule has 0 spiro atoms. The highest BCUT2D eigenvalue weighted by Crippen LogP contribution is 2.27. The summed E-state index contributed by atoms with van der Waals surface area (Å²) in [5.74, 6) is 0.817. The fraction of sp³-hybridized carbons (Fsp3) is 0.677. The molecule has 1 saturated heterocycles. The molecule has 0 radical (unpaired) electrons. The molecular formula is C31H47N5O3S. The van der Waals surface area contributed by atoms with Crippen molar-refractivity contribution in [2.75, 3.05) is 13.1 Å². The minimum atomic E-state index is -3.52. The summed E-state index contributed by atoms with van der Waals surface area (Å²) in [5, 5.41) is 8.12. The molecular weight excluding hydrogens is 522 g/mol. The molecule has 1 aromatic carbocycles. The average Bonchev–Trinajstić information content (AvgIpc) is 3.23. The zero-order valence-electron chi connectivity index (χ0n) is 24.3. The van der Waals surface area contributed by atoms with Gasteiger partial charge in [-0.1, -0.05) is 38.5 Å². The lowest BCUT2D eigenvalue weighted by Gasteiger charge is -2.33. The second-order valence-electron chi connectivity index (χ2n) is 12.3. The first-order chi connectivity index (χ1) is 19.3. The molecule has 2 N–H and O–H groups in total. The molecule has 1 amide bonds. The number of sulfonamides is 1. The predicted octanol–water partition coefficient (Wildman–Crippen LogP) is 5.15. The van der Waals surface area contributed by atoms with Crippen LogP contribution in [0.4, 0.5) is 0 Å². The molecule has 40 heavy (non-hydrogen) atoms. The number of aryl methyl sites for hydroxylation is 1. The zero-order valence-corrected chi connectivity index (χ0v) is 25.1. The Morgan fingerprint density at radius 1 is 0.875 bits per heavy atom. The van der Waals surface area contributed by atoms with Gasteiger partial charge in [-0.2, -0.15) is 5.10 Å². The van der Waals surface area contributed by atoms with E-state index >= 15 is 0 Å². The molecule has 2 heterocycles. The number of carbonyl (C=O) groups is 1. The Bertz CT molecular complexity index is 1240. The predicted molar refractivity (Wildman–Crippen MR) is 158 cm³/mol. The van der Waals surface area contributed by atoms with Gasteiger partial charge >= 0.3 is 0 Å². The van der Waals surface area contributed by atoms with Gasteiger partial charge in [0.1, 0.15) is 0 Å². The van der Waals surface area contributed by atoms with Gasteiger partial charge in [-0.25, -0.2) is 17.8 Å². The molecule has 3 fully saturated rings. The Balaban J connectivity index is 1.15.